The van der Waals surface area contributed by atoms with Crippen LogP contribution in [0, 0.1) is 5.82 Å². The van der Waals surface area contributed by atoms with Gasteiger partial charge in [0.05, 0.1) is 24.2 Å². The summed E-state index contributed by atoms with van der Waals surface area (Å²) < 4.78 is 18.7. The second-order valence-electron chi connectivity index (χ2n) is 5.90. The summed E-state index contributed by atoms with van der Waals surface area (Å²) in [4.78, 5) is 19.6. The zero-order valence-electron chi connectivity index (χ0n) is 14.5. The number of aromatic amines is 1. The third-order valence-electron chi connectivity index (χ3n) is 3.90. The molecule has 1 amide bonds. The summed E-state index contributed by atoms with van der Waals surface area (Å²) in [6.07, 6.45) is 0.381. The first kappa shape index (κ1) is 18.0. The van der Waals surface area contributed by atoms with Crippen molar-refractivity contribution in [2.45, 2.75) is 6.42 Å². The summed E-state index contributed by atoms with van der Waals surface area (Å²) in [6, 6.07) is 12.1. The van der Waals surface area contributed by atoms with Crippen LogP contribution in [0.5, 0.6) is 0 Å². The van der Waals surface area contributed by atoms with Gasteiger partial charge in [-0.1, -0.05) is 18.2 Å². The molecule has 3 aromatic rings. The highest BCUT2D eigenvalue weighted by Gasteiger charge is 2.09. The van der Waals surface area contributed by atoms with Crippen molar-refractivity contribution in [3.8, 4) is 0 Å². The Bertz CT molecular complexity index is 894. The van der Waals surface area contributed by atoms with Crippen molar-refractivity contribution in [3.05, 3.63) is 59.7 Å². The maximum absolute atomic E-state index is 13.8. The summed E-state index contributed by atoms with van der Waals surface area (Å²) in [6.45, 7) is 1.38. The molecular weight excluding hydrogens is 335 g/mol. The second-order valence-corrected chi connectivity index (χ2v) is 5.90. The van der Waals surface area contributed by atoms with E-state index in [0.717, 1.165) is 11.0 Å². The van der Waals surface area contributed by atoms with Crippen LogP contribution >= 0.6 is 0 Å². The quantitative estimate of drug-likeness (QED) is 0.542. The van der Waals surface area contributed by atoms with E-state index in [1.807, 2.05) is 12.1 Å². The van der Waals surface area contributed by atoms with Gasteiger partial charge in [0.25, 0.3) is 0 Å². The van der Waals surface area contributed by atoms with Crippen molar-refractivity contribution in [2.75, 3.05) is 32.1 Å². The van der Waals surface area contributed by atoms with Crippen LogP contribution in [0.25, 0.3) is 11.0 Å². The first-order chi connectivity index (χ1) is 12.7. The van der Waals surface area contributed by atoms with E-state index in [9.17, 15) is 9.18 Å². The molecule has 3 rings (SSSR count). The molecule has 0 aliphatic carbocycles. The highest BCUT2D eigenvalue weighted by molar-refractivity contribution is 5.94. The van der Waals surface area contributed by atoms with Gasteiger partial charge in [-0.15, -0.1) is 0 Å². The van der Waals surface area contributed by atoms with E-state index in [1.54, 1.807) is 31.4 Å². The molecule has 2 aromatic carbocycles. The number of halogens is 1. The van der Waals surface area contributed by atoms with Gasteiger partial charge in [-0.3, -0.25) is 4.79 Å². The maximum Gasteiger partial charge on any atom is 0.238 e. The number of imidazole rings is 1. The van der Waals surface area contributed by atoms with Crippen LogP contribution < -0.4 is 10.6 Å². The third kappa shape index (κ3) is 4.65. The van der Waals surface area contributed by atoms with Gasteiger partial charge in [-0.2, -0.15) is 0 Å². The number of H-pyrrole nitrogens is 1. The monoisotopic (exact) mass is 356 g/mol. The molecule has 0 bridgehead atoms. The molecule has 0 saturated carbocycles. The van der Waals surface area contributed by atoms with Crippen molar-refractivity contribution >= 4 is 22.6 Å². The fourth-order valence-corrected chi connectivity index (χ4v) is 2.63. The molecule has 0 aliphatic heterocycles. The van der Waals surface area contributed by atoms with Gasteiger partial charge in [0.1, 0.15) is 11.6 Å². The Hall–Kier alpha value is -2.77. The molecule has 7 heteroatoms. The Morgan fingerprint density at radius 2 is 2.12 bits per heavy atom. The Labute approximate surface area is 150 Å². The maximum atomic E-state index is 13.8. The summed E-state index contributed by atoms with van der Waals surface area (Å²) >= 11 is 0. The average molecular weight is 356 g/mol. The largest absolute Gasteiger partial charge is 0.383 e. The van der Waals surface area contributed by atoms with Crippen molar-refractivity contribution in [1.29, 1.82) is 0 Å². The smallest absolute Gasteiger partial charge is 0.238 e. The van der Waals surface area contributed by atoms with Gasteiger partial charge >= 0.3 is 0 Å². The molecule has 0 aliphatic rings. The molecule has 0 saturated heterocycles. The number of amides is 1. The molecule has 0 radical (unpaired) electrons. The fraction of sp³-hybridized carbons (Fsp3) is 0.263. The standard InChI is InChI=1S/C19H21FN4O2/c1-26-9-8-21-12-19(25)22-14-6-7-16-17(11-14)24-18(23-16)10-13-4-2-3-5-15(13)20/h2-7,11,21H,8-10,12H2,1H3,(H,22,25)(H,23,24). The molecule has 3 N–H and O–H groups in total. The molecular formula is C19H21FN4O2. The normalized spacial score (nSPS) is 11.0. The Balaban J connectivity index is 1.65. The number of nitrogens with one attached hydrogen (secondary N) is 3. The van der Waals surface area contributed by atoms with Crippen molar-refractivity contribution in [3.63, 3.8) is 0 Å². The topological polar surface area (TPSA) is 79.0 Å². The van der Waals surface area contributed by atoms with E-state index in [2.05, 4.69) is 20.6 Å². The van der Waals surface area contributed by atoms with E-state index in [1.165, 1.54) is 6.07 Å². The number of fused-ring (bicyclic) bond motifs is 1. The van der Waals surface area contributed by atoms with Gasteiger partial charge in [0, 0.05) is 25.8 Å². The van der Waals surface area contributed by atoms with E-state index in [4.69, 9.17) is 4.74 Å². The van der Waals surface area contributed by atoms with Gasteiger partial charge in [0.2, 0.25) is 5.91 Å². The number of benzene rings is 2. The Kier molecular flexibility index (Phi) is 5.93. The predicted octanol–water partition coefficient (Wildman–Crippen LogP) is 2.47. The van der Waals surface area contributed by atoms with Crippen LogP contribution in [0.15, 0.2) is 42.5 Å². The number of aromatic nitrogens is 2. The summed E-state index contributed by atoms with van der Waals surface area (Å²) in [5.74, 6) is 0.295. The lowest BCUT2D eigenvalue weighted by Gasteiger charge is -2.06. The molecule has 1 heterocycles. The van der Waals surface area contributed by atoms with Crippen LogP contribution in [0.1, 0.15) is 11.4 Å². The van der Waals surface area contributed by atoms with Crippen molar-refractivity contribution in [2.24, 2.45) is 0 Å². The number of nitrogens with zero attached hydrogens (tertiary/aromatic N) is 1. The minimum Gasteiger partial charge on any atom is -0.383 e. The molecule has 0 fully saturated rings. The molecule has 136 valence electrons. The lowest BCUT2D eigenvalue weighted by molar-refractivity contribution is -0.115. The highest BCUT2D eigenvalue weighted by atomic mass is 19.1. The van der Waals surface area contributed by atoms with Crippen LogP contribution in [0.4, 0.5) is 10.1 Å². The predicted molar refractivity (Wildman–Crippen MR) is 98.7 cm³/mol. The van der Waals surface area contributed by atoms with Crippen LogP contribution in [-0.4, -0.2) is 42.7 Å². The van der Waals surface area contributed by atoms with Gasteiger partial charge in [-0.05, 0) is 29.8 Å². The van der Waals surface area contributed by atoms with E-state index in [0.29, 0.717) is 36.6 Å². The lowest BCUT2D eigenvalue weighted by atomic mass is 10.1. The molecule has 6 nitrogen and oxygen atoms in total. The number of hydrogen-bond acceptors (Lipinski definition) is 4. The van der Waals surface area contributed by atoms with Gasteiger partial charge < -0.3 is 20.4 Å². The molecule has 26 heavy (non-hydrogen) atoms. The second kappa shape index (κ2) is 8.55. The van der Waals surface area contributed by atoms with E-state index >= 15 is 0 Å². The number of carbonyl (C=O) groups is 1. The summed E-state index contributed by atoms with van der Waals surface area (Å²) in [5.41, 5.74) is 2.83. The van der Waals surface area contributed by atoms with Crippen LogP contribution in [-0.2, 0) is 16.0 Å². The molecule has 0 spiro atoms. The summed E-state index contributed by atoms with van der Waals surface area (Å²) in [7, 11) is 1.61. The lowest BCUT2D eigenvalue weighted by Crippen LogP contribution is -2.30. The Morgan fingerprint density at radius 1 is 1.27 bits per heavy atom. The van der Waals surface area contributed by atoms with Crippen molar-refractivity contribution in [1.82, 2.24) is 15.3 Å². The number of ether oxygens (including phenoxy) is 1. The van der Waals surface area contributed by atoms with Crippen LogP contribution in [0.3, 0.4) is 0 Å². The molecule has 1 aromatic heterocycles. The Morgan fingerprint density at radius 3 is 2.92 bits per heavy atom. The first-order valence-electron chi connectivity index (χ1n) is 8.37. The third-order valence-corrected chi connectivity index (χ3v) is 3.90. The zero-order chi connectivity index (χ0) is 18.4. The minimum absolute atomic E-state index is 0.133. The van der Waals surface area contributed by atoms with Crippen molar-refractivity contribution < 1.29 is 13.9 Å². The molecule has 0 unspecified atom stereocenters. The SMILES string of the molecule is COCCNCC(=O)Nc1ccc2nc(Cc3ccccc3F)[nH]c2c1. The number of carbonyl (C=O) groups excluding carboxylic acids is 1. The number of methoxy groups -OCH3 is 1. The summed E-state index contributed by atoms with van der Waals surface area (Å²) in [5, 5.41) is 5.82. The average Bonchev–Trinajstić information content (AvgIpc) is 3.02. The van der Waals surface area contributed by atoms with E-state index in [-0.39, 0.29) is 18.3 Å². The fourth-order valence-electron chi connectivity index (χ4n) is 2.63. The first-order valence-corrected chi connectivity index (χ1v) is 8.37. The van der Waals surface area contributed by atoms with Crippen LogP contribution in [0.2, 0.25) is 0 Å². The minimum atomic E-state index is -0.248. The number of anilines is 1. The molecule has 0 atom stereocenters. The number of hydrogen-bond donors (Lipinski definition) is 3. The zero-order valence-corrected chi connectivity index (χ0v) is 14.5. The van der Waals surface area contributed by atoms with E-state index < -0.39 is 0 Å². The van der Waals surface area contributed by atoms with Gasteiger partial charge in [-0.25, -0.2) is 9.37 Å². The number of rotatable bonds is 8. The van der Waals surface area contributed by atoms with Gasteiger partial charge in [0.15, 0.2) is 0 Å². The highest BCUT2D eigenvalue weighted by Crippen LogP contribution is 2.19.